The third-order valence-electron chi connectivity index (χ3n) is 4.22. The zero-order chi connectivity index (χ0) is 17.7. The second-order valence-corrected chi connectivity index (χ2v) is 7.05. The summed E-state index contributed by atoms with van der Waals surface area (Å²) in [6.45, 7) is 2.23. The van der Waals surface area contributed by atoms with E-state index in [1.807, 2.05) is 55.5 Å². The number of nitrogens with zero attached hydrogens (tertiary/aromatic N) is 3. The number of thiazole rings is 1. The molecule has 0 fully saturated rings. The van der Waals surface area contributed by atoms with Gasteiger partial charge >= 0.3 is 0 Å². The van der Waals surface area contributed by atoms with Crippen LogP contribution in [0.25, 0.3) is 22.4 Å². The average Bonchev–Trinajstić information content (AvgIpc) is 3.32. The molecule has 26 heavy (non-hydrogen) atoms. The molecule has 2 aromatic heterocycles. The van der Waals surface area contributed by atoms with Gasteiger partial charge in [-0.25, -0.2) is 4.40 Å². The summed E-state index contributed by atoms with van der Waals surface area (Å²) in [6, 6.07) is 13.5. The molecule has 0 N–H and O–H groups in total. The molecule has 0 spiro atoms. The first-order valence-corrected chi connectivity index (χ1v) is 8.87. The minimum atomic E-state index is -0.121. The predicted octanol–water partition coefficient (Wildman–Crippen LogP) is 2.40. The van der Waals surface area contributed by atoms with Crippen LogP contribution in [0.3, 0.4) is 0 Å². The van der Waals surface area contributed by atoms with Gasteiger partial charge in [0, 0.05) is 5.56 Å². The van der Waals surface area contributed by atoms with E-state index in [1.165, 1.54) is 11.3 Å². The zero-order valence-electron chi connectivity index (χ0n) is 13.8. The van der Waals surface area contributed by atoms with Crippen LogP contribution in [0.1, 0.15) is 11.1 Å². The number of aromatic nitrogens is 3. The molecule has 0 aliphatic carbocycles. The van der Waals surface area contributed by atoms with Crippen molar-refractivity contribution in [2.24, 2.45) is 0 Å². The van der Waals surface area contributed by atoms with Gasteiger partial charge in [-0.3, -0.25) is 4.79 Å². The number of aryl methyl sites for hydroxylation is 1. The molecule has 0 radical (unpaired) electrons. The lowest BCUT2D eigenvalue weighted by molar-refractivity contribution is 0.174. The van der Waals surface area contributed by atoms with Gasteiger partial charge < -0.3 is 9.47 Å². The molecule has 0 atom stereocenters. The van der Waals surface area contributed by atoms with Crippen molar-refractivity contribution in [3.8, 4) is 22.9 Å². The number of fused-ring (bicyclic) bond motifs is 2. The van der Waals surface area contributed by atoms with E-state index in [0.29, 0.717) is 21.1 Å². The molecule has 0 unspecified atom stereocenters. The number of rotatable bonds is 2. The lowest BCUT2D eigenvalue weighted by atomic mass is 10.1. The normalized spacial score (nSPS) is 13.7. The first-order valence-electron chi connectivity index (χ1n) is 8.05. The minimum Gasteiger partial charge on any atom is -0.454 e. The van der Waals surface area contributed by atoms with E-state index in [1.54, 1.807) is 4.40 Å². The Hall–Kier alpha value is -3.19. The van der Waals surface area contributed by atoms with Crippen molar-refractivity contribution in [3.05, 3.63) is 68.5 Å². The lowest BCUT2D eigenvalue weighted by Gasteiger charge is -1.98. The number of benzene rings is 2. The highest BCUT2D eigenvalue weighted by atomic mass is 32.1. The van der Waals surface area contributed by atoms with Crippen LogP contribution in [-0.2, 0) is 0 Å². The van der Waals surface area contributed by atoms with Gasteiger partial charge in [0.25, 0.3) is 5.56 Å². The summed E-state index contributed by atoms with van der Waals surface area (Å²) in [5.74, 6) is 1.97. The van der Waals surface area contributed by atoms with E-state index in [-0.39, 0.29) is 12.4 Å². The van der Waals surface area contributed by atoms with E-state index >= 15 is 0 Å². The van der Waals surface area contributed by atoms with Crippen LogP contribution in [0.5, 0.6) is 11.5 Å². The van der Waals surface area contributed by atoms with E-state index in [0.717, 1.165) is 22.4 Å². The van der Waals surface area contributed by atoms with Gasteiger partial charge in [-0.15, -0.1) is 10.2 Å². The Balaban J connectivity index is 1.66. The maximum atomic E-state index is 12.9. The number of hydrogen-bond donors (Lipinski definition) is 0. The van der Waals surface area contributed by atoms with Gasteiger partial charge in [-0.05, 0) is 36.8 Å². The van der Waals surface area contributed by atoms with Crippen LogP contribution >= 0.6 is 11.3 Å². The highest BCUT2D eigenvalue weighted by Crippen LogP contribution is 2.32. The zero-order valence-corrected chi connectivity index (χ0v) is 14.6. The standard InChI is InChI=1S/C19H13N3O3S/c1-11-3-2-4-13(7-11)17-20-21-19-22(17)18(23)16(26-19)9-12-5-6-14-15(8-12)25-10-24-14/h2-9H,10H2,1H3/b16-9-. The van der Waals surface area contributed by atoms with Gasteiger partial charge in [0.1, 0.15) is 0 Å². The third-order valence-corrected chi connectivity index (χ3v) is 5.18. The fourth-order valence-electron chi connectivity index (χ4n) is 2.99. The SMILES string of the molecule is Cc1cccc(-c2nnc3s/c(=C\c4ccc5c(c4)OCO5)c(=O)n23)c1. The second kappa shape index (κ2) is 5.67. The van der Waals surface area contributed by atoms with Crippen LogP contribution in [0.4, 0.5) is 0 Å². The summed E-state index contributed by atoms with van der Waals surface area (Å²) in [4.78, 5) is 13.5. The number of hydrogen-bond acceptors (Lipinski definition) is 6. The molecule has 1 aliphatic heterocycles. The highest BCUT2D eigenvalue weighted by Gasteiger charge is 2.15. The Morgan fingerprint density at radius 2 is 2.00 bits per heavy atom. The van der Waals surface area contributed by atoms with E-state index in [2.05, 4.69) is 10.2 Å². The van der Waals surface area contributed by atoms with Crippen LogP contribution < -0.4 is 19.6 Å². The van der Waals surface area contributed by atoms with E-state index in [9.17, 15) is 4.79 Å². The topological polar surface area (TPSA) is 65.7 Å². The smallest absolute Gasteiger partial charge is 0.276 e. The summed E-state index contributed by atoms with van der Waals surface area (Å²) in [6.07, 6.45) is 1.84. The molecular formula is C19H13N3O3S. The molecule has 0 saturated carbocycles. The molecule has 7 heteroatoms. The van der Waals surface area contributed by atoms with Crippen molar-refractivity contribution in [1.29, 1.82) is 0 Å². The van der Waals surface area contributed by atoms with Crippen LogP contribution in [0.15, 0.2) is 47.3 Å². The summed E-state index contributed by atoms with van der Waals surface area (Å²) >= 11 is 1.32. The molecule has 1 aliphatic rings. The highest BCUT2D eigenvalue weighted by molar-refractivity contribution is 7.15. The first-order chi connectivity index (χ1) is 12.7. The van der Waals surface area contributed by atoms with Crippen molar-refractivity contribution in [1.82, 2.24) is 14.6 Å². The molecular weight excluding hydrogens is 350 g/mol. The van der Waals surface area contributed by atoms with Crippen molar-refractivity contribution in [2.45, 2.75) is 6.92 Å². The summed E-state index contributed by atoms with van der Waals surface area (Å²) in [5.41, 5.74) is 2.74. The number of ether oxygens (including phenoxy) is 2. The lowest BCUT2D eigenvalue weighted by Crippen LogP contribution is -2.23. The fourth-order valence-corrected chi connectivity index (χ4v) is 3.90. The Kier molecular flexibility index (Phi) is 3.29. The second-order valence-electron chi connectivity index (χ2n) is 6.04. The van der Waals surface area contributed by atoms with Crippen LogP contribution in [0.2, 0.25) is 0 Å². The first kappa shape index (κ1) is 15.1. The monoisotopic (exact) mass is 363 g/mol. The summed E-state index contributed by atoms with van der Waals surface area (Å²) < 4.78 is 12.9. The Morgan fingerprint density at radius 1 is 1.12 bits per heavy atom. The van der Waals surface area contributed by atoms with E-state index < -0.39 is 0 Å². The molecule has 0 bridgehead atoms. The Bertz CT molecular complexity index is 1260. The van der Waals surface area contributed by atoms with E-state index in [4.69, 9.17) is 9.47 Å². The molecule has 3 heterocycles. The molecule has 2 aromatic carbocycles. The van der Waals surface area contributed by atoms with Gasteiger partial charge in [0.05, 0.1) is 4.53 Å². The van der Waals surface area contributed by atoms with Crippen molar-refractivity contribution in [2.75, 3.05) is 6.79 Å². The Morgan fingerprint density at radius 3 is 2.88 bits per heavy atom. The summed E-state index contributed by atoms with van der Waals surface area (Å²) in [5, 5.41) is 8.37. The van der Waals surface area contributed by atoms with Crippen LogP contribution in [-0.4, -0.2) is 21.4 Å². The van der Waals surface area contributed by atoms with Gasteiger partial charge in [0.2, 0.25) is 11.8 Å². The largest absolute Gasteiger partial charge is 0.454 e. The fraction of sp³-hybridized carbons (Fsp3) is 0.105. The molecule has 0 amide bonds. The predicted molar refractivity (Wildman–Crippen MR) is 98.7 cm³/mol. The Labute approximate surface area is 151 Å². The van der Waals surface area contributed by atoms with Crippen molar-refractivity contribution < 1.29 is 9.47 Å². The van der Waals surface area contributed by atoms with Gasteiger partial charge in [-0.1, -0.05) is 41.2 Å². The molecule has 4 aromatic rings. The maximum Gasteiger partial charge on any atom is 0.276 e. The average molecular weight is 363 g/mol. The van der Waals surface area contributed by atoms with Crippen molar-refractivity contribution >= 4 is 22.4 Å². The molecule has 5 rings (SSSR count). The van der Waals surface area contributed by atoms with Crippen LogP contribution in [0, 0.1) is 6.92 Å². The molecule has 128 valence electrons. The van der Waals surface area contributed by atoms with Crippen molar-refractivity contribution in [3.63, 3.8) is 0 Å². The quantitative estimate of drug-likeness (QED) is 0.547. The molecule has 6 nitrogen and oxygen atoms in total. The maximum absolute atomic E-state index is 12.9. The summed E-state index contributed by atoms with van der Waals surface area (Å²) in [7, 11) is 0. The van der Waals surface area contributed by atoms with Gasteiger partial charge in [-0.2, -0.15) is 0 Å². The minimum absolute atomic E-state index is 0.121. The molecule has 0 saturated heterocycles. The third kappa shape index (κ3) is 2.36. The van der Waals surface area contributed by atoms with Gasteiger partial charge in [0.15, 0.2) is 17.3 Å².